The maximum Gasteiger partial charge on any atom is 0.266 e. The molecule has 0 bridgehead atoms. The van der Waals surface area contributed by atoms with Gasteiger partial charge in [0.1, 0.15) is 10.9 Å². The number of ether oxygens (including phenoxy) is 3. The van der Waals surface area contributed by atoms with Gasteiger partial charge in [0.2, 0.25) is 0 Å². The van der Waals surface area contributed by atoms with Gasteiger partial charge in [0.05, 0.1) is 29.7 Å². The van der Waals surface area contributed by atoms with E-state index in [0.29, 0.717) is 37.9 Å². The van der Waals surface area contributed by atoms with E-state index in [0.717, 1.165) is 19.4 Å². The lowest BCUT2D eigenvalue weighted by Gasteiger charge is -2.18. The lowest BCUT2D eigenvalue weighted by atomic mass is 10.1. The zero-order chi connectivity index (χ0) is 19.4. The molecular formula is C19H18ClNO4S2. The molecule has 1 amide bonds. The third-order valence-corrected chi connectivity index (χ3v) is 5.79. The molecule has 1 aromatic rings. The van der Waals surface area contributed by atoms with Gasteiger partial charge in [0, 0.05) is 6.61 Å². The number of carbonyl (C=O) groups is 1. The fraction of sp³-hybridized carbons (Fsp3) is 0.368. The van der Waals surface area contributed by atoms with Crippen LogP contribution in [-0.4, -0.2) is 48.1 Å². The van der Waals surface area contributed by atoms with Crippen LogP contribution in [0.15, 0.2) is 17.0 Å². The predicted molar refractivity (Wildman–Crippen MR) is 111 cm³/mol. The Hall–Kier alpha value is -1.72. The van der Waals surface area contributed by atoms with Gasteiger partial charge in [-0.05, 0) is 36.6 Å². The fourth-order valence-electron chi connectivity index (χ4n) is 2.88. The van der Waals surface area contributed by atoms with E-state index in [1.54, 1.807) is 23.1 Å². The average molecular weight is 424 g/mol. The summed E-state index contributed by atoms with van der Waals surface area (Å²) in [6.07, 6.45) is 8.98. The second-order valence-electron chi connectivity index (χ2n) is 5.95. The van der Waals surface area contributed by atoms with Crippen molar-refractivity contribution in [1.29, 1.82) is 0 Å². The van der Waals surface area contributed by atoms with Crippen molar-refractivity contribution < 1.29 is 19.0 Å². The molecule has 2 fully saturated rings. The normalized spacial score (nSPS) is 21.0. The summed E-state index contributed by atoms with van der Waals surface area (Å²) in [6, 6.07) is 3.44. The zero-order valence-electron chi connectivity index (χ0n) is 14.7. The van der Waals surface area contributed by atoms with Crippen LogP contribution in [0.3, 0.4) is 0 Å². The minimum absolute atomic E-state index is 0.0500. The Kier molecular flexibility index (Phi) is 6.66. The van der Waals surface area contributed by atoms with Gasteiger partial charge in [-0.25, -0.2) is 0 Å². The van der Waals surface area contributed by atoms with Gasteiger partial charge in [-0.1, -0.05) is 41.5 Å². The van der Waals surface area contributed by atoms with Crippen molar-refractivity contribution in [1.82, 2.24) is 4.90 Å². The van der Waals surface area contributed by atoms with Gasteiger partial charge < -0.3 is 14.2 Å². The van der Waals surface area contributed by atoms with Crippen LogP contribution in [0.5, 0.6) is 11.5 Å². The van der Waals surface area contributed by atoms with E-state index in [4.69, 9.17) is 44.5 Å². The molecule has 27 heavy (non-hydrogen) atoms. The summed E-state index contributed by atoms with van der Waals surface area (Å²) in [5.41, 5.74) is 0.711. The molecule has 5 nitrogen and oxygen atoms in total. The Balaban J connectivity index is 1.81. The first-order valence-electron chi connectivity index (χ1n) is 8.34. The molecule has 0 radical (unpaired) electrons. The van der Waals surface area contributed by atoms with Gasteiger partial charge in [-0.15, -0.1) is 6.42 Å². The van der Waals surface area contributed by atoms with Crippen molar-refractivity contribution in [2.75, 3.05) is 26.9 Å². The summed E-state index contributed by atoms with van der Waals surface area (Å²) >= 11 is 12.9. The van der Waals surface area contributed by atoms with Crippen LogP contribution in [0.25, 0.3) is 6.08 Å². The Morgan fingerprint density at radius 3 is 3.04 bits per heavy atom. The van der Waals surface area contributed by atoms with Gasteiger partial charge in [-0.2, -0.15) is 0 Å². The Morgan fingerprint density at radius 1 is 1.56 bits per heavy atom. The summed E-state index contributed by atoms with van der Waals surface area (Å²) < 4.78 is 16.9. The first-order valence-corrected chi connectivity index (χ1v) is 9.94. The number of halogens is 1. The molecular weight excluding hydrogens is 406 g/mol. The highest BCUT2D eigenvalue weighted by atomic mass is 35.5. The third kappa shape index (κ3) is 4.58. The van der Waals surface area contributed by atoms with Gasteiger partial charge in [0.25, 0.3) is 5.91 Å². The Bertz CT molecular complexity index is 828. The number of thioether (sulfide) groups is 1. The molecule has 2 saturated heterocycles. The number of benzene rings is 1. The van der Waals surface area contributed by atoms with Crippen molar-refractivity contribution in [2.24, 2.45) is 0 Å². The average Bonchev–Trinajstić information content (AvgIpc) is 3.25. The molecule has 2 aliphatic rings. The van der Waals surface area contributed by atoms with Crippen LogP contribution in [0, 0.1) is 12.3 Å². The number of amides is 1. The maximum absolute atomic E-state index is 12.7. The third-order valence-electron chi connectivity index (χ3n) is 4.13. The molecule has 0 unspecified atom stereocenters. The molecule has 2 heterocycles. The minimum atomic E-state index is -0.122. The number of hydrogen-bond donors (Lipinski definition) is 0. The molecule has 1 aromatic carbocycles. The quantitative estimate of drug-likeness (QED) is 0.394. The van der Waals surface area contributed by atoms with Gasteiger partial charge in [-0.3, -0.25) is 9.69 Å². The topological polar surface area (TPSA) is 48.0 Å². The molecule has 0 spiro atoms. The lowest BCUT2D eigenvalue weighted by Crippen LogP contribution is -2.35. The smallest absolute Gasteiger partial charge is 0.266 e. The Morgan fingerprint density at radius 2 is 2.37 bits per heavy atom. The number of carbonyl (C=O) groups excluding carboxylic acids is 1. The van der Waals surface area contributed by atoms with Crippen LogP contribution in [0.4, 0.5) is 0 Å². The number of terminal acetylenes is 1. The highest BCUT2D eigenvalue weighted by Crippen LogP contribution is 2.39. The minimum Gasteiger partial charge on any atom is -0.493 e. The maximum atomic E-state index is 12.7. The monoisotopic (exact) mass is 423 g/mol. The molecule has 1 atom stereocenters. The van der Waals surface area contributed by atoms with E-state index < -0.39 is 0 Å². The van der Waals surface area contributed by atoms with E-state index >= 15 is 0 Å². The number of thiocarbonyl (C=S) groups is 1. The van der Waals surface area contributed by atoms with Crippen LogP contribution < -0.4 is 9.47 Å². The number of methoxy groups -OCH3 is 1. The van der Waals surface area contributed by atoms with Crippen molar-refractivity contribution in [3.8, 4) is 23.8 Å². The molecule has 0 N–H and O–H groups in total. The highest BCUT2D eigenvalue weighted by Gasteiger charge is 2.34. The summed E-state index contributed by atoms with van der Waals surface area (Å²) in [7, 11) is 1.51. The first kappa shape index (κ1) is 20.0. The second-order valence-corrected chi connectivity index (χ2v) is 8.04. The van der Waals surface area contributed by atoms with Crippen molar-refractivity contribution in [3.05, 3.63) is 27.6 Å². The van der Waals surface area contributed by atoms with Crippen LogP contribution >= 0.6 is 35.6 Å². The molecule has 0 aliphatic carbocycles. The second kappa shape index (κ2) is 8.98. The SMILES string of the molecule is C#CCOc1c(Cl)cc(/C=C2\SC(=S)N(C[C@@H]3CCCO3)C2=O)cc1OC. The first-order chi connectivity index (χ1) is 13.0. The van der Waals surface area contributed by atoms with E-state index in [1.165, 1.54) is 18.9 Å². The number of hydrogen-bond acceptors (Lipinski definition) is 6. The van der Waals surface area contributed by atoms with E-state index in [2.05, 4.69) is 5.92 Å². The van der Waals surface area contributed by atoms with Gasteiger partial charge >= 0.3 is 0 Å². The van der Waals surface area contributed by atoms with Gasteiger partial charge in [0.15, 0.2) is 11.5 Å². The van der Waals surface area contributed by atoms with Crippen LogP contribution in [-0.2, 0) is 9.53 Å². The molecule has 3 rings (SSSR count). The number of rotatable bonds is 6. The summed E-state index contributed by atoms with van der Waals surface area (Å²) in [4.78, 5) is 14.9. The summed E-state index contributed by atoms with van der Waals surface area (Å²) in [6.45, 7) is 1.31. The van der Waals surface area contributed by atoms with E-state index in [1.807, 2.05) is 0 Å². The Labute approximate surface area is 173 Å². The largest absolute Gasteiger partial charge is 0.493 e. The van der Waals surface area contributed by atoms with Crippen molar-refractivity contribution >= 4 is 51.9 Å². The molecule has 142 valence electrons. The predicted octanol–water partition coefficient (Wildman–Crippen LogP) is 3.74. The van der Waals surface area contributed by atoms with E-state index in [-0.39, 0.29) is 18.6 Å². The summed E-state index contributed by atoms with van der Waals surface area (Å²) in [5, 5.41) is 0.352. The number of nitrogens with zero attached hydrogens (tertiary/aromatic N) is 1. The lowest BCUT2D eigenvalue weighted by molar-refractivity contribution is -0.123. The van der Waals surface area contributed by atoms with Crippen LogP contribution in [0.1, 0.15) is 18.4 Å². The standard InChI is InChI=1S/C19H18ClNO4S2/c1-3-6-25-17-14(20)8-12(9-15(17)23-2)10-16-18(22)21(19(26)27-16)11-13-5-4-7-24-13/h1,8-10,13H,4-7,11H2,2H3/b16-10-/t13-/m0/s1. The molecule has 8 heteroatoms. The molecule has 0 saturated carbocycles. The summed E-state index contributed by atoms with van der Waals surface area (Å²) in [5.74, 6) is 3.08. The van der Waals surface area contributed by atoms with Crippen molar-refractivity contribution in [2.45, 2.75) is 18.9 Å². The molecule has 0 aromatic heterocycles. The van der Waals surface area contributed by atoms with E-state index in [9.17, 15) is 4.79 Å². The van der Waals surface area contributed by atoms with Crippen molar-refractivity contribution in [3.63, 3.8) is 0 Å². The highest BCUT2D eigenvalue weighted by molar-refractivity contribution is 8.26. The fourth-order valence-corrected chi connectivity index (χ4v) is 4.43. The zero-order valence-corrected chi connectivity index (χ0v) is 17.1. The molecule has 2 aliphatic heterocycles. The van der Waals surface area contributed by atoms with Crippen LogP contribution in [0.2, 0.25) is 5.02 Å².